The van der Waals surface area contributed by atoms with Crippen LogP contribution in [0.25, 0.3) is 0 Å². The largest absolute Gasteiger partial charge is 0.384 e. The van der Waals surface area contributed by atoms with Crippen molar-refractivity contribution in [2.24, 2.45) is 5.92 Å². The van der Waals surface area contributed by atoms with Crippen LogP contribution < -0.4 is 5.32 Å². The minimum absolute atomic E-state index is 0.0227. The summed E-state index contributed by atoms with van der Waals surface area (Å²) in [4.78, 5) is 0. The molecule has 2 unspecified atom stereocenters. The molecule has 0 radical (unpaired) electrons. The molecule has 1 N–H and O–H groups in total. The topological polar surface area (TPSA) is 55.4 Å². The smallest absolute Gasteiger partial charge is 0.157 e. The van der Waals surface area contributed by atoms with Crippen molar-refractivity contribution in [3.8, 4) is 0 Å². The predicted octanol–water partition coefficient (Wildman–Crippen LogP) is 2.03. The number of ether oxygens (including phenoxy) is 1. The second-order valence-electron chi connectivity index (χ2n) is 5.25. The highest BCUT2D eigenvalue weighted by Crippen LogP contribution is 2.28. The molecule has 1 aromatic carbocycles. The quantitative estimate of drug-likeness (QED) is 0.798. The summed E-state index contributed by atoms with van der Waals surface area (Å²) in [7, 11) is 0.0942. The molecule has 1 rings (SSSR count). The zero-order valence-electron chi connectivity index (χ0n) is 12.7. The standard InChI is InChI=1S/C15H25NO3S/c1-12(2)15(20(17,18)11-10-19-4)14(16-3)13-8-6-5-7-9-13/h5-9,12,14-16H,10-11H2,1-4H3. The average molecular weight is 299 g/mol. The molecule has 4 nitrogen and oxygen atoms in total. The summed E-state index contributed by atoms with van der Waals surface area (Å²) in [6.45, 7) is 4.13. The first-order chi connectivity index (χ1) is 9.44. The molecule has 0 aromatic heterocycles. The second kappa shape index (κ2) is 7.76. The summed E-state index contributed by atoms with van der Waals surface area (Å²) in [5, 5.41) is 2.69. The van der Waals surface area contributed by atoms with E-state index >= 15 is 0 Å². The Balaban J connectivity index is 3.11. The Bertz CT molecular complexity index is 485. The Morgan fingerprint density at radius 1 is 1.20 bits per heavy atom. The summed E-state index contributed by atoms with van der Waals surface area (Å²) in [5.74, 6) is 0.0756. The van der Waals surface area contributed by atoms with Crippen molar-refractivity contribution in [3.05, 3.63) is 35.9 Å². The number of methoxy groups -OCH3 is 1. The molecule has 0 saturated carbocycles. The summed E-state index contributed by atoms with van der Waals surface area (Å²) in [6.07, 6.45) is 0. The monoisotopic (exact) mass is 299 g/mol. The van der Waals surface area contributed by atoms with Gasteiger partial charge in [0.1, 0.15) is 0 Å². The maximum absolute atomic E-state index is 12.6. The van der Waals surface area contributed by atoms with E-state index in [1.165, 1.54) is 7.11 Å². The van der Waals surface area contributed by atoms with Crippen LogP contribution in [-0.2, 0) is 14.6 Å². The summed E-state index contributed by atoms with van der Waals surface area (Å²) < 4.78 is 30.1. The molecule has 2 atom stereocenters. The number of sulfone groups is 1. The minimum atomic E-state index is -3.23. The molecule has 0 spiro atoms. The van der Waals surface area contributed by atoms with E-state index in [9.17, 15) is 8.42 Å². The van der Waals surface area contributed by atoms with Gasteiger partial charge in [0, 0.05) is 13.2 Å². The van der Waals surface area contributed by atoms with Gasteiger partial charge < -0.3 is 10.1 Å². The van der Waals surface area contributed by atoms with Crippen molar-refractivity contribution in [1.29, 1.82) is 0 Å². The minimum Gasteiger partial charge on any atom is -0.384 e. The van der Waals surface area contributed by atoms with Crippen LogP contribution in [0.1, 0.15) is 25.5 Å². The molecule has 5 heteroatoms. The van der Waals surface area contributed by atoms with Crippen molar-refractivity contribution >= 4 is 9.84 Å². The van der Waals surface area contributed by atoms with Gasteiger partial charge in [0.05, 0.1) is 17.6 Å². The number of hydrogen-bond donors (Lipinski definition) is 1. The fourth-order valence-electron chi connectivity index (χ4n) is 2.52. The van der Waals surface area contributed by atoms with Gasteiger partial charge in [0.15, 0.2) is 9.84 Å². The van der Waals surface area contributed by atoms with Gasteiger partial charge in [0.2, 0.25) is 0 Å². The summed E-state index contributed by atoms with van der Waals surface area (Å²) in [5.41, 5.74) is 0.995. The van der Waals surface area contributed by atoms with E-state index in [1.54, 1.807) is 7.05 Å². The summed E-state index contributed by atoms with van der Waals surface area (Å²) >= 11 is 0. The molecule has 0 heterocycles. The van der Waals surface area contributed by atoms with Crippen LogP contribution in [0.2, 0.25) is 0 Å². The van der Waals surface area contributed by atoms with Crippen LogP contribution in [0.5, 0.6) is 0 Å². The van der Waals surface area contributed by atoms with E-state index in [4.69, 9.17) is 4.74 Å². The SMILES string of the molecule is CNC(c1ccccc1)C(C(C)C)S(=O)(=O)CCOC. The number of rotatable bonds is 8. The van der Waals surface area contributed by atoms with Crippen LogP contribution in [-0.4, -0.2) is 40.2 Å². The van der Waals surface area contributed by atoms with Gasteiger partial charge in [-0.3, -0.25) is 0 Å². The third-order valence-corrected chi connectivity index (χ3v) is 5.82. The van der Waals surface area contributed by atoms with Gasteiger partial charge >= 0.3 is 0 Å². The highest BCUT2D eigenvalue weighted by molar-refractivity contribution is 7.92. The third kappa shape index (κ3) is 4.30. The lowest BCUT2D eigenvalue weighted by Crippen LogP contribution is -2.41. The highest BCUT2D eigenvalue weighted by atomic mass is 32.2. The lowest BCUT2D eigenvalue weighted by Gasteiger charge is -2.30. The van der Waals surface area contributed by atoms with E-state index in [0.29, 0.717) is 0 Å². The molecule has 0 bridgehead atoms. The molecule has 0 aliphatic heterocycles. The molecule has 0 fully saturated rings. The van der Waals surface area contributed by atoms with Crippen LogP contribution >= 0.6 is 0 Å². The van der Waals surface area contributed by atoms with Crippen molar-refractivity contribution in [2.75, 3.05) is 26.5 Å². The maximum Gasteiger partial charge on any atom is 0.157 e. The third-order valence-electron chi connectivity index (χ3n) is 3.44. The van der Waals surface area contributed by atoms with Gasteiger partial charge in [-0.05, 0) is 18.5 Å². The second-order valence-corrected chi connectivity index (χ2v) is 7.52. The Kier molecular flexibility index (Phi) is 6.65. The first-order valence-electron chi connectivity index (χ1n) is 6.86. The Morgan fingerprint density at radius 3 is 2.25 bits per heavy atom. The predicted molar refractivity (Wildman–Crippen MR) is 82.5 cm³/mol. The zero-order chi connectivity index (χ0) is 15.2. The first-order valence-corrected chi connectivity index (χ1v) is 8.58. The highest BCUT2D eigenvalue weighted by Gasteiger charge is 2.35. The van der Waals surface area contributed by atoms with E-state index in [1.807, 2.05) is 44.2 Å². The zero-order valence-corrected chi connectivity index (χ0v) is 13.5. The summed E-state index contributed by atoms with van der Waals surface area (Å²) in [6, 6.07) is 9.50. The molecule has 0 aliphatic rings. The van der Waals surface area contributed by atoms with Crippen LogP contribution in [0, 0.1) is 5.92 Å². The fourth-order valence-corrected chi connectivity index (χ4v) is 4.73. The van der Waals surface area contributed by atoms with Crippen molar-refractivity contribution < 1.29 is 13.2 Å². The Morgan fingerprint density at radius 2 is 1.80 bits per heavy atom. The van der Waals surface area contributed by atoms with Crippen LogP contribution in [0.3, 0.4) is 0 Å². The number of benzene rings is 1. The van der Waals surface area contributed by atoms with Crippen molar-refractivity contribution in [2.45, 2.75) is 25.1 Å². The van der Waals surface area contributed by atoms with E-state index in [-0.39, 0.29) is 24.3 Å². The molecule has 0 amide bonds. The Hall–Kier alpha value is -0.910. The van der Waals surface area contributed by atoms with Gasteiger partial charge in [-0.2, -0.15) is 0 Å². The molecule has 20 heavy (non-hydrogen) atoms. The van der Waals surface area contributed by atoms with Gasteiger partial charge in [-0.25, -0.2) is 8.42 Å². The molecule has 0 saturated heterocycles. The lowest BCUT2D eigenvalue weighted by molar-refractivity contribution is 0.216. The molecular formula is C15H25NO3S. The molecular weight excluding hydrogens is 274 g/mol. The van der Waals surface area contributed by atoms with E-state index in [0.717, 1.165) is 5.56 Å². The van der Waals surface area contributed by atoms with Gasteiger partial charge in [-0.1, -0.05) is 44.2 Å². The van der Waals surface area contributed by atoms with E-state index < -0.39 is 15.1 Å². The number of hydrogen-bond acceptors (Lipinski definition) is 4. The molecule has 1 aromatic rings. The van der Waals surface area contributed by atoms with Crippen LogP contribution in [0.4, 0.5) is 0 Å². The fraction of sp³-hybridized carbons (Fsp3) is 0.600. The first kappa shape index (κ1) is 17.1. The van der Waals surface area contributed by atoms with Crippen molar-refractivity contribution in [1.82, 2.24) is 5.32 Å². The molecule has 0 aliphatic carbocycles. The van der Waals surface area contributed by atoms with Crippen molar-refractivity contribution in [3.63, 3.8) is 0 Å². The van der Waals surface area contributed by atoms with Gasteiger partial charge in [-0.15, -0.1) is 0 Å². The van der Waals surface area contributed by atoms with Gasteiger partial charge in [0.25, 0.3) is 0 Å². The maximum atomic E-state index is 12.6. The Labute approximate surface area is 122 Å². The van der Waals surface area contributed by atoms with Crippen LogP contribution in [0.15, 0.2) is 30.3 Å². The average Bonchev–Trinajstić information content (AvgIpc) is 2.42. The number of nitrogens with one attached hydrogen (secondary N) is 1. The van der Waals surface area contributed by atoms with E-state index in [2.05, 4.69) is 5.32 Å². The molecule has 114 valence electrons. The lowest BCUT2D eigenvalue weighted by atomic mass is 9.96. The normalized spacial score (nSPS) is 15.2.